The van der Waals surface area contributed by atoms with Gasteiger partial charge in [-0.25, -0.2) is 9.78 Å². The van der Waals surface area contributed by atoms with Gasteiger partial charge in [0.15, 0.2) is 0 Å². The Morgan fingerprint density at radius 3 is 2.67 bits per heavy atom. The SMILES string of the molecule is CCOC(=O)c1cc(C(=O)NCCc2ccc(-c3csc(C)n3)s2)cc([N+](=O)[O-])c1. The number of nitro benzene ring substituents is 1. The largest absolute Gasteiger partial charge is 0.462 e. The minimum absolute atomic E-state index is 0.0299. The van der Waals surface area contributed by atoms with E-state index in [2.05, 4.69) is 10.3 Å². The van der Waals surface area contributed by atoms with Crippen molar-refractivity contribution < 1.29 is 19.2 Å². The van der Waals surface area contributed by atoms with Crippen LogP contribution in [0.4, 0.5) is 5.69 Å². The lowest BCUT2D eigenvalue weighted by atomic mass is 10.1. The molecule has 0 saturated heterocycles. The molecule has 0 aliphatic rings. The van der Waals surface area contributed by atoms with Crippen molar-refractivity contribution in [2.45, 2.75) is 20.3 Å². The summed E-state index contributed by atoms with van der Waals surface area (Å²) >= 11 is 3.20. The Bertz CT molecular complexity index is 1090. The molecule has 8 nitrogen and oxygen atoms in total. The highest BCUT2D eigenvalue weighted by Crippen LogP contribution is 2.29. The lowest BCUT2D eigenvalue weighted by molar-refractivity contribution is -0.384. The van der Waals surface area contributed by atoms with Crippen molar-refractivity contribution in [3.8, 4) is 10.6 Å². The normalized spacial score (nSPS) is 10.6. The van der Waals surface area contributed by atoms with Gasteiger partial charge in [0.1, 0.15) is 0 Å². The van der Waals surface area contributed by atoms with Gasteiger partial charge in [-0.15, -0.1) is 22.7 Å². The van der Waals surface area contributed by atoms with Gasteiger partial charge < -0.3 is 10.1 Å². The molecule has 2 aromatic heterocycles. The van der Waals surface area contributed by atoms with Gasteiger partial charge in [0.05, 0.1) is 32.7 Å². The second-order valence-electron chi connectivity index (χ2n) is 6.27. The van der Waals surface area contributed by atoms with Crippen LogP contribution in [0.25, 0.3) is 10.6 Å². The summed E-state index contributed by atoms with van der Waals surface area (Å²) in [5.41, 5.74) is 0.614. The highest BCUT2D eigenvalue weighted by molar-refractivity contribution is 7.16. The van der Waals surface area contributed by atoms with Crippen LogP contribution in [-0.4, -0.2) is 34.9 Å². The summed E-state index contributed by atoms with van der Waals surface area (Å²) in [6.07, 6.45) is 0.610. The number of hydrogen-bond donors (Lipinski definition) is 1. The first-order valence-corrected chi connectivity index (χ1v) is 10.8. The molecule has 0 bridgehead atoms. The Labute approximate surface area is 180 Å². The molecule has 30 heavy (non-hydrogen) atoms. The number of hydrogen-bond acceptors (Lipinski definition) is 8. The van der Waals surface area contributed by atoms with Crippen LogP contribution in [0.1, 0.15) is 37.5 Å². The molecule has 156 valence electrons. The first-order chi connectivity index (χ1) is 14.4. The first-order valence-electron chi connectivity index (χ1n) is 9.13. The number of carbonyl (C=O) groups is 2. The number of aromatic nitrogens is 1. The van der Waals surface area contributed by atoms with E-state index in [1.54, 1.807) is 29.6 Å². The van der Waals surface area contributed by atoms with E-state index in [9.17, 15) is 19.7 Å². The Kier molecular flexibility index (Phi) is 6.91. The quantitative estimate of drug-likeness (QED) is 0.315. The number of benzene rings is 1. The summed E-state index contributed by atoms with van der Waals surface area (Å²) in [4.78, 5) is 41.5. The van der Waals surface area contributed by atoms with Crippen molar-refractivity contribution in [2.75, 3.05) is 13.2 Å². The third-order valence-electron chi connectivity index (χ3n) is 4.09. The molecule has 0 spiro atoms. The van der Waals surface area contributed by atoms with Gasteiger partial charge in [-0.1, -0.05) is 0 Å². The molecule has 0 atom stereocenters. The lowest BCUT2D eigenvalue weighted by Crippen LogP contribution is -2.26. The number of thiazole rings is 1. The summed E-state index contributed by atoms with van der Waals surface area (Å²) < 4.78 is 4.88. The van der Waals surface area contributed by atoms with Crippen molar-refractivity contribution in [1.29, 1.82) is 0 Å². The van der Waals surface area contributed by atoms with Gasteiger partial charge in [0.2, 0.25) is 0 Å². The van der Waals surface area contributed by atoms with E-state index < -0.39 is 16.8 Å². The predicted molar refractivity (Wildman–Crippen MR) is 115 cm³/mol. The number of carbonyl (C=O) groups excluding carboxylic acids is 2. The standard InChI is InChI=1S/C20H19N3O5S2/c1-3-28-20(25)14-8-13(9-15(10-14)23(26)27)19(24)21-7-6-16-4-5-18(30-16)17-11-29-12(2)22-17/h4-5,8-11H,3,6-7H2,1-2H3,(H,21,24). The Balaban J connectivity index is 1.65. The molecule has 0 aliphatic heterocycles. The molecule has 2 heterocycles. The molecule has 0 radical (unpaired) electrons. The summed E-state index contributed by atoms with van der Waals surface area (Å²) in [5, 5.41) is 16.9. The molecule has 3 aromatic rings. The number of amides is 1. The number of nitrogens with zero attached hydrogens (tertiary/aromatic N) is 2. The van der Waals surface area contributed by atoms with Crippen molar-refractivity contribution in [3.63, 3.8) is 0 Å². The van der Waals surface area contributed by atoms with Crippen LogP contribution in [0.5, 0.6) is 0 Å². The Morgan fingerprint density at radius 1 is 1.23 bits per heavy atom. The summed E-state index contributed by atoms with van der Waals surface area (Å²) in [7, 11) is 0. The van der Waals surface area contributed by atoms with Crippen LogP contribution < -0.4 is 5.32 Å². The fraction of sp³-hybridized carbons (Fsp3) is 0.250. The topological polar surface area (TPSA) is 111 Å². The number of nitrogens with one attached hydrogen (secondary N) is 1. The van der Waals surface area contributed by atoms with Crippen LogP contribution in [0, 0.1) is 17.0 Å². The van der Waals surface area contributed by atoms with Gasteiger partial charge >= 0.3 is 5.97 Å². The predicted octanol–water partition coefficient (Wildman–Crippen LogP) is 4.24. The smallest absolute Gasteiger partial charge is 0.338 e. The van der Waals surface area contributed by atoms with Gasteiger partial charge in [-0.3, -0.25) is 14.9 Å². The molecule has 0 saturated carbocycles. The van der Waals surface area contributed by atoms with E-state index in [0.29, 0.717) is 13.0 Å². The third-order valence-corrected chi connectivity index (χ3v) is 6.03. The molecule has 10 heteroatoms. The van der Waals surface area contributed by atoms with Crippen molar-refractivity contribution in [1.82, 2.24) is 10.3 Å². The zero-order valence-electron chi connectivity index (χ0n) is 16.3. The monoisotopic (exact) mass is 445 g/mol. The summed E-state index contributed by atoms with van der Waals surface area (Å²) in [5.74, 6) is -1.20. The molecule has 0 fully saturated rings. The Morgan fingerprint density at radius 2 is 2.00 bits per heavy atom. The number of esters is 1. The van der Waals surface area contributed by atoms with Crippen LogP contribution in [-0.2, 0) is 11.2 Å². The van der Waals surface area contributed by atoms with E-state index in [4.69, 9.17) is 4.74 Å². The van der Waals surface area contributed by atoms with Crippen LogP contribution in [0.15, 0.2) is 35.7 Å². The van der Waals surface area contributed by atoms with Gasteiger partial charge in [-0.05, 0) is 38.5 Å². The maximum Gasteiger partial charge on any atom is 0.338 e. The van der Waals surface area contributed by atoms with Gasteiger partial charge in [0, 0.05) is 34.5 Å². The van der Waals surface area contributed by atoms with Crippen LogP contribution in [0.2, 0.25) is 0 Å². The number of non-ortho nitro benzene ring substituents is 1. The van der Waals surface area contributed by atoms with Crippen LogP contribution in [0.3, 0.4) is 0 Å². The highest BCUT2D eigenvalue weighted by atomic mass is 32.1. The van der Waals surface area contributed by atoms with E-state index in [-0.39, 0.29) is 23.4 Å². The highest BCUT2D eigenvalue weighted by Gasteiger charge is 2.18. The average Bonchev–Trinajstić information content (AvgIpc) is 3.36. The van der Waals surface area contributed by atoms with Crippen molar-refractivity contribution in [3.05, 3.63) is 66.8 Å². The molecular weight excluding hydrogens is 426 g/mol. The number of nitro groups is 1. The van der Waals surface area contributed by atoms with Crippen molar-refractivity contribution in [2.24, 2.45) is 0 Å². The molecule has 1 aromatic carbocycles. The average molecular weight is 446 g/mol. The fourth-order valence-electron chi connectivity index (χ4n) is 2.71. The minimum atomic E-state index is -0.710. The van der Waals surface area contributed by atoms with E-state index in [0.717, 1.165) is 32.6 Å². The number of thiophene rings is 1. The zero-order chi connectivity index (χ0) is 21.7. The molecule has 1 amide bonds. The summed E-state index contributed by atoms with van der Waals surface area (Å²) in [6.45, 7) is 4.08. The van der Waals surface area contributed by atoms with E-state index >= 15 is 0 Å². The second-order valence-corrected chi connectivity index (χ2v) is 8.50. The molecular formula is C20H19N3O5S2. The number of aryl methyl sites for hydroxylation is 1. The van der Waals surface area contributed by atoms with Gasteiger partial charge in [-0.2, -0.15) is 0 Å². The molecule has 3 rings (SSSR count). The van der Waals surface area contributed by atoms with E-state index in [1.165, 1.54) is 6.07 Å². The van der Waals surface area contributed by atoms with Crippen LogP contribution >= 0.6 is 22.7 Å². The molecule has 0 unspecified atom stereocenters. The summed E-state index contributed by atoms with van der Waals surface area (Å²) in [6, 6.07) is 7.54. The van der Waals surface area contributed by atoms with E-state index in [1.807, 2.05) is 24.4 Å². The Hall–Kier alpha value is -3.11. The number of ether oxygens (including phenoxy) is 1. The minimum Gasteiger partial charge on any atom is -0.462 e. The molecule has 1 N–H and O–H groups in total. The maximum atomic E-state index is 12.5. The fourth-order valence-corrected chi connectivity index (χ4v) is 4.36. The zero-order valence-corrected chi connectivity index (χ0v) is 18.0. The van der Waals surface area contributed by atoms with Crippen molar-refractivity contribution >= 4 is 40.2 Å². The third kappa shape index (κ3) is 5.28. The number of rotatable bonds is 8. The van der Waals surface area contributed by atoms with Gasteiger partial charge in [0.25, 0.3) is 11.6 Å². The first kappa shape index (κ1) is 21.6. The lowest BCUT2D eigenvalue weighted by Gasteiger charge is -2.07. The maximum absolute atomic E-state index is 12.5. The second kappa shape index (κ2) is 9.59. The molecule has 0 aliphatic carbocycles.